The average Bonchev–Trinajstić information content (AvgIpc) is 3.14. The molecule has 4 aromatic rings. The van der Waals surface area contributed by atoms with Crippen LogP contribution in [0, 0.1) is 6.92 Å². The van der Waals surface area contributed by atoms with Crippen LogP contribution in [0.3, 0.4) is 0 Å². The lowest BCUT2D eigenvalue weighted by Crippen LogP contribution is -2.21. The van der Waals surface area contributed by atoms with Gasteiger partial charge in [-0.3, -0.25) is 14.1 Å². The molecule has 0 amide bonds. The molecule has 10 nitrogen and oxygen atoms in total. The number of aromatic nitrogens is 4. The number of aryl methyl sites for hydroxylation is 2. The van der Waals surface area contributed by atoms with Crippen molar-refractivity contribution in [2.75, 3.05) is 27.4 Å². The Bertz CT molecular complexity index is 1560. The van der Waals surface area contributed by atoms with Gasteiger partial charge in [-0.25, -0.2) is 14.8 Å². The van der Waals surface area contributed by atoms with Gasteiger partial charge < -0.3 is 20.5 Å². The molecule has 3 aromatic heterocycles. The minimum Gasteiger partial charge on any atom is -0.475 e. The van der Waals surface area contributed by atoms with Gasteiger partial charge in [-0.1, -0.05) is 12.6 Å². The number of ether oxygens (including phenoxy) is 2. The molecule has 0 saturated carbocycles. The van der Waals surface area contributed by atoms with Crippen LogP contribution in [-0.2, 0) is 11.8 Å². The van der Waals surface area contributed by atoms with Gasteiger partial charge in [-0.2, -0.15) is 0 Å². The first-order valence-electron chi connectivity index (χ1n) is 11.3. The summed E-state index contributed by atoms with van der Waals surface area (Å²) in [6.07, 6.45) is 4.83. The Labute approximate surface area is 208 Å². The second kappa shape index (κ2) is 10.4. The molecule has 4 rings (SSSR count). The fourth-order valence-corrected chi connectivity index (χ4v) is 3.90. The maximum atomic E-state index is 13.4. The molecule has 0 saturated heterocycles. The summed E-state index contributed by atoms with van der Waals surface area (Å²) in [7, 11) is 5.08. The number of hydrogen-bond acceptors (Lipinski definition) is 8. The van der Waals surface area contributed by atoms with E-state index in [-0.39, 0.29) is 5.69 Å². The van der Waals surface area contributed by atoms with Crippen LogP contribution in [0.15, 0.2) is 64.9 Å². The molecule has 10 heteroatoms. The van der Waals surface area contributed by atoms with Crippen molar-refractivity contribution in [2.24, 2.45) is 17.8 Å². The molecule has 36 heavy (non-hydrogen) atoms. The van der Waals surface area contributed by atoms with Gasteiger partial charge in [0, 0.05) is 50.6 Å². The van der Waals surface area contributed by atoms with Gasteiger partial charge in [-0.15, -0.1) is 0 Å². The molecule has 0 radical (unpaired) electrons. The van der Waals surface area contributed by atoms with E-state index in [1.807, 2.05) is 31.2 Å². The van der Waals surface area contributed by atoms with E-state index in [1.54, 1.807) is 48.8 Å². The molecule has 0 spiro atoms. The fourth-order valence-electron chi connectivity index (χ4n) is 3.90. The number of methoxy groups -OCH3 is 1. The van der Waals surface area contributed by atoms with Gasteiger partial charge in [0.25, 0.3) is 0 Å². The molecule has 186 valence electrons. The molecule has 0 bridgehead atoms. The summed E-state index contributed by atoms with van der Waals surface area (Å²) in [6, 6.07) is 9.35. The summed E-state index contributed by atoms with van der Waals surface area (Å²) in [5.74, 6) is 0.976. The van der Waals surface area contributed by atoms with Crippen molar-refractivity contribution in [3.63, 3.8) is 0 Å². The lowest BCUT2D eigenvalue weighted by atomic mass is 10.0. The number of allylic oxidation sites excluding steroid dienone is 1. The number of pyridine rings is 2. The third-order valence-electron chi connectivity index (χ3n) is 5.86. The lowest BCUT2D eigenvalue weighted by Gasteiger charge is -2.11. The minimum atomic E-state index is -0.205. The SMILES string of the molecule is C=C(N=C/C(=C\N)c1ccc2ncc3c(c2c1)n(-c1ccc(OCCOC)nc1C)c(=O)n3C)NC. The molecule has 0 fully saturated rings. The van der Waals surface area contributed by atoms with Crippen molar-refractivity contribution in [3.8, 4) is 11.6 Å². The summed E-state index contributed by atoms with van der Waals surface area (Å²) in [5.41, 5.74) is 10.7. The van der Waals surface area contributed by atoms with Crippen LogP contribution < -0.4 is 21.5 Å². The quantitative estimate of drug-likeness (QED) is 0.275. The lowest BCUT2D eigenvalue weighted by molar-refractivity contribution is 0.143. The van der Waals surface area contributed by atoms with Gasteiger partial charge in [0.15, 0.2) is 0 Å². The summed E-state index contributed by atoms with van der Waals surface area (Å²) in [5, 5.41) is 3.67. The van der Waals surface area contributed by atoms with Crippen LogP contribution >= 0.6 is 0 Å². The molecular formula is C26H29N7O3. The third kappa shape index (κ3) is 4.58. The van der Waals surface area contributed by atoms with E-state index < -0.39 is 0 Å². The number of nitrogens with two attached hydrogens (primary N) is 1. The number of hydrogen-bond donors (Lipinski definition) is 2. The van der Waals surface area contributed by atoms with Gasteiger partial charge in [0.05, 0.1) is 40.7 Å². The summed E-state index contributed by atoms with van der Waals surface area (Å²) < 4.78 is 13.9. The zero-order valence-corrected chi connectivity index (χ0v) is 20.8. The Hall–Kier alpha value is -4.44. The predicted molar refractivity (Wildman–Crippen MR) is 143 cm³/mol. The van der Waals surface area contributed by atoms with E-state index in [4.69, 9.17) is 15.2 Å². The van der Waals surface area contributed by atoms with E-state index >= 15 is 0 Å². The van der Waals surface area contributed by atoms with Crippen molar-refractivity contribution in [3.05, 3.63) is 76.9 Å². The van der Waals surface area contributed by atoms with Crippen LogP contribution in [0.2, 0.25) is 0 Å². The summed E-state index contributed by atoms with van der Waals surface area (Å²) in [6.45, 7) is 6.50. The highest BCUT2D eigenvalue weighted by atomic mass is 16.5. The van der Waals surface area contributed by atoms with Crippen molar-refractivity contribution in [2.45, 2.75) is 6.92 Å². The highest BCUT2D eigenvalue weighted by molar-refractivity contribution is 6.12. The molecule has 1 aromatic carbocycles. The number of fused-ring (bicyclic) bond motifs is 3. The largest absolute Gasteiger partial charge is 0.475 e. The van der Waals surface area contributed by atoms with Gasteiger partial charge in [0.2, 0.25) is 5.88 Å². The van der Waals surface area contributed by atoms with E-state index in [2.05, 4.69) is 26.9 Å². The smallest absolute Gasteiger partial charge is 0.333 e. The maximum absolute atomic E-state index is 13.4. The Morgan fingerprint density at radius 3 is 2.78 bits per heavy atom. The minimum absolute atomic E-state index is 0.205. The molecule has 0 unspecified atom stereocenters. The molecule has 3 N–H and O–H groups in total. The fraction of sp³-hybridized carbons (Fsp3) is 0.231. The topological polar surface area (TPSA) is 122 Å². The van der Waals surface area contributed by atoms with Crippen molar-refractivity contribution in [1.29, 1.82) is 0 Å². The standard InChI is InChI=1S/C26H29N7O3/c1-16-22(8-9-24(31-16)36-11-10-35-5)33-25-20-12-18(19(13-27)14-29-17(2)28-3)6-7-21(20)30-15-23(25)32(4)26(33)34/h6-9,12-15,28H,2,10-11,27H2,1,3-5H3/b19-13+,29-14?. The summed E-state index contributed by atoms with van der Waals surface area (Å²) >= 11 is 0. The Morgan fingerprint density at radius 1 is 1.28 bits per heavy atom. The van der Waals surface area contributed by atoms with Crippen molar-refractivity contribution < 1.29 is 9.47 Å². The third-order valence-corrected chi connectivity index (χ3v) is 5.86. The summed E-state index contributed by atoms with van der Waals surface area (Å²) in [4.78, 5) is 26.8. The van der Waals surface area contributed by atoms with Gasteiger partial charge in [0.1, 0.15) is 12.4 Å². The Balaban J connectivity index is 1.91. The van der Waals surface area contributed by atoms with Gasteiger partial charge in [-0.05, 0) is 30.7 Å². The highest BCUT2D eigenvalue weighted by Crippen LogP contribution is 2.29. The molecule has 0 aliphatic heterocycles. The second-order valence-electron chi connectivity index (χ2n) is 8.07. The normalized spacial score (nSPS) is 12.1. The van der Waals surface area contributed by atoms with Crippen LogP contribution in [0.5, 0.6) is 5.88 Å². The molecule has 0 aliphatic carbocycles. The first-order chi connectivity index (χ1) is 17.4. The Morgan fingerprint density at radius 2 is 2.08 bits per heavy atom. The van der Waals surface area contributed by atoms with Gasteiger partial charge >= 0.3 is 5.69 Å². The Kier molecular flexibility index (Phi) is 7.16. The van der Waals surface area contributed by atoms with Crippen LogP contribution in [0.25, 0.3) is 33.2 Å². The zero-order valence-electron chi connectivity index (χ0n) is 20.8. The van der Waals surface area contributed by atoms with Crippen molar-refractivity contribution in [1.82, 2.24) is 24.4 Å². The van der Waals surface area contributed by atoms with Crippen LogP contribution in [0.1, 0.15) is 11.3 Å². The number of nitrogens with zero attached hydrogens (tertiary/aromatic N) is 5. The maximum Gasteiger partial charge on any atom is 0.333 e. The average molecular weight is 488 g/mol. The highest BCUT2D eigenvalue weighted by Gasteiger charge is 2.19. The second-order valence-corrected chi connectivity index (χ2v) is 8.07. The van der Waals surface area contributed by atoms with E-state index in [1.165, 1.54) is 6.20 Å². The first-order valence-corrected chi connectivity index (χ1v) is 11.3. The number of benzene rings is 1. The predicted octanol–water partition coefficient (Wildman–Crippen LogP) is 2.67. The first kappa shape index (κ1) is 24.7. The van der Waals surface area contributed by atoms with E-state index in [0.29, 0.717) is 47.4 Å². The van der Waals surface area contributed by atoms with E-state index in [0.717, 1.165) is 22.0 Å². The van der Waals surface area contributed by atoms with Crippen LogP contribution in [-0.4, -0.2) is 52.7 Å². The molecular weight excluding hydrogens is 458 g/mol. The van der Waals surface area contributed by atoms with E-state index in [9.17, 15) is 4.79 Å². The van der Waals surface area contributed by atoms with Crippen LogP contribution in [0.4, 0.5) is 0 Å². The zero-order chi connectivity index (χ0) is 25.8. The number of rotatable bonds is 9. The monoisotopic (exact) mass is 487 g/mol. The molecule has 3 heterocycles. The molecule has 0 aliphatic rings. The van der Waals surface area contributed by atoms with Crippen molar-refractivity contribution >= 4 is 33.7 Å². The number of imidazole rings is 1. The number of aliphatic imine (C=N–C) groups is 1. The number of nitrogens with one attached hydrogen (secondary N) is 1. The molecule has 0 atom stereocenters.